The quantitative estimate of drug-likeness (QED) is 0.855. The van der Waals surface area contributed by atoms with Gasteiger partial charge in [0.15, 0.2) is 11.0 Å². The number of fused-ring (bicyclic) bond motifs is 1. The molecular formula is C17H18N2O3S. The van der Waals surface area contributed by atoms with E-state index >= 15 is 0 Å². The van der Waals surface area contributed by atoms with Crippen molar-refractivity contribution in [2.45, 2.75) is 26.3 Å². The molecule has 1 saturated heterocycles. The summed E-state index contributed by atoms with van der Waals surface area (Å²) in [5.41, 5.74) is 2.15. The summed E-state index contributed by atoms with van der Waals surface area (Å²) in [6.45, 7) is 3.36. The SMILES string of the molecule is COc1ccc(C2C(C(C)=O)=C(C)N=C3SCCC(=O)N32)cc1. The van der Waals surface area contributed by atoms with Gasteiger partial charge in [-0.15, -0.1) is 0 Å². The van der Waals surface area contributed by atoms with E-state index in [1.807, 2.05) is 31.2 Å². The molecule has 0 saturated carbocycles. The molecule has 0 bridgehead atoms. The third-order valence-electron chi connectivity index (χ3n) is 4.02. The van der Waals surface area contributed by atoms with E-state index in [0.29, 0.717) is 22.9 Å². The highest BCUT2D eigenvalue weighted by atomic mass is 32.2. The molecule has 1 fully saturated rings. The lowest BCUT2D eigenvalue weighted by Crippen LogP contribution is -2.45. The lowest BCUT2D eigenvalue weighted by molar-refractivity contribution is -0.128. The molecule has 120 valence electrons. The van der Waals surface area contributed by atoms with Crippen LogP contribution in [0.1, 0.15) is 31.9 Å². The van der Waals surface area contributed by atoms with Gasteiger partial charge < -0.3 is 4.74 Å². The van der Waals surface area contributed by atoms with Gasteiger partial charge in [-0.25, -0.2) is 4.99 Å². The van der Waals surface area contributed by atoms with Crippen molar-refractivity contribution in [2.24, 2.45) is 4.99 Å². The molecule has 6 heteroatoms. The minimum atomic E-state index is -0.411. The van der Waals surface area contributed by atoms with Crippen LogP contribution in [0, 0.1) is 0 Å². The summed E-state index contributed by atoms with van der Waals surface area (Å²) in [6.07, 6.45) is 0.459. The molecule has 1 atom stereocenters. The van der Waals surface area contributed by atoms with Crippen molar-refractivity contribution in [3.8, 4) is 5.75 Å². The maximum atomic E-state index is 12.5. The van der Waals surface area contributed by atoms with Crippen LogP contribution in [0.3, 0.4) is 0 Å². The molecule has 0 radical (unpaired) electrons. The van der Waals surface area contributed by atoms with Gasteiger partial charge in [0.2, 0.25) is 5.91 Å². The van der Waals surface area contributed by atoms with Gasteiger partial charge in [0, 0.05) is 23.4 Å². The normalized spacial score (nSPS) is 21.0. The van der Waals surface area contributed by atoms with Crippen molar-refractivity contribution in [3.05, 3.63) is 41.1 Å². The first-order valence-corrected chi connectivity index (χ1v) is 8.40. The van der Waals surface area contributed by atoms with E-state index in [9.17, 15) is 9.59 Å². The fourth-order valence-corrected chi connectivity index (χ4v) is 3.95. The number of ketones is 1. The topological polar surface area (TPSA) is 59.0 Å². The maximum absolute atomic E-state index is 12.5. The molecule has 1 amide bonds. The number of thioether (sulfide) groups is 1. The Kier molecular flexibility index (Phi) is 4.26. The maximum Gasteiger partial charge on any atom is 0.230 e. The highest BCUT2D eigenvalue weighted by Gasteiger charge is 2.39. The van der Waals surface area contributed by atoms with Crippen LogP contribution in [0.25, 0.3) is 0 Å². The second-order valence-corrected chi connectivity index (χ2v) is 6.55. The first-order valence-electron chi connectivity index (χ1n) is 7.42. The summed E-state index contributed by atoms with van der Waals surface area (Å²) < 4.78 is 5.19. The molecule has 3 rings (SSSR count). The summed E-state index contributed by atoms with van der Waals surface area (Å²) >= 11 is 1.56. The van der Waals surface area contributed by atoms with Crippen molar-refractivity contribution < 1.29 is 14.3 Å². The van der Waals surface area contributed by atoms with Gasteiger partial charge in [-0.05, 0) is 31.5 Å². The second-order valence-electron chi connectivity index (χ2n) is 5.49. The smallest absolute Gasteiger partial charge is 0.230 e. The van der Waals surface area contributed by atoms with Crippen molar-refractivity contribution in [1.82, 2.24) is 4.90 Å². The molecule has 2 aliphatic heterocycles. The van der Waals surface area contributed by atoms with Crippen molar-refractivity contribution in [1.29, 1.82) is 0 Å². The van der Waals surface area contributed by atoms with Crippen LogP contribution in [0.2, 0.25) is 0 Å². The molecule has 2 aliphatic rings. The Hall–Kier alpha value is -2.08. The Balaban J connectivity index is 2.13. The fraction of sp³-hybridized carbons (Fsp3) is 0.353. The Morgan fingerprint density at radius 3 is 2.65 bits per heavy atom. The van der Waals surface area contributed by atoms with Gasteiger partial charge in [-0.2, -0.15) is 0 Å². The van der Waals surface area contributed by atoms with Gasteiger partial charge >= 0.3 is 0 Å². The summed E-state index contributed by atoms with van der Waals surface area (Å²) in [6, 6.07) is 7.07. The van der Waals surface area contributed by atoms with E-state index in [4.69, 9.17) is 4.74 Å². The number of amides is 1. The fourth-order valence-electron chi connectivity index (χ4n) is 2.95. The van der Waals surface area contributed by atoms with Crippen LogP contribution in [0.4, 0.5) is 0 Å². The molecular weight excluding hydrogens is 312 g/mol. The Bertz CT molecular complexity index is 722. The molecule has 1 aromatic rings. The number of methoxy groups -OCH3 is 1. The standard InChI is InChI=1S/C17H18N2O3S/c1-10-15(11(2)20)16(12-4-6-13(22-3)7-5-12)19-14(21)8-9-23-17(19)18-10/h4-7,16H,8-9H2,1-3H3. The van der Waals surface area contributed by atoms with Gasteiger partial charge in [0.25, 0.3) is 0 Å². The minimum Gasteiger partial charge on any atom is -0.497 e. The number of carbonyl (C=O) groups excluding carboxylic acids is 2. The predicted molar refractivity (Wildman–Crippen MR) is 90.5 cm³/mol. The molecule has 0 aliphatic carbocycles. The molecule has 5 nitrogen and oxygen atoms in total. The van der Waals surface area contributed by atoms with E-state index in [0.717, 1.165) is 17.1 Å². The molecule has 2 heterocycles. The number of hydrogen-bond acceptors (Lipinski definition) is 5. The third-order valence-corrected chi connectivity index (χ3v) is 4.97. The molecule has 1 aromatic carbocycles. The first kappa shape index (κ1) is 15.8. The number of hydrogen-bond donors (Lipinski definition) is 0. The van der Waals surface area contributed by atoms with Gasteiger partial charge in [0.05, 0.1) is 13.2 Å². The lowest BCUT2D eigenvalue weighted by atomic mass is 9.92. The van der Waals surface area contributed by atoms with Crippen LogP contribution < -0.4 is 4.74 Å². The average Bonchev–Trinajstić information content (AvgIpc) is 2.53. The van der Waals surface area contributed by atoms with Crippen molar-refractivity contribution in [2.75, 3.05) is 12.9 Å². The largest absolute Gasteiger partial charge is 0.497 e. The number of benzene rings is 1. The molecule has 0 spiro atoms. The van der Waals surface area contributed by atoms with E-state index in [2.05, 4.69) is 4.99 Å². The van der Waals surface area contributed by atoms with E-state index in [-0.39, 0.29) is 11.7 Å². The number of rotatable bonds is 3. The number of nitrogens with zero attached hydrogens (tertiary/aromatic N) is 2. The van der Waals surface area contributed by atoms with Crippen LogP contribution in [-0.4, -0.2) is 34.6 Å². The Morgan fingerprint density at radius 1 is 1.35 bits per heavy atom. The summed E-state index contributed by atoms with van der Waals surface area (Å²) in [5.74, 6) is 1.42. The average molecular weight is 330 g/mol. The molecule has 1 unspecified atom stereocenters. The Morgan fingerprint density at radius 2 is 2.04 bits per heavy atom. The van der Waals surface area contributed by atoms with E-state index in [1.54, 1.807) is 23.8 Å². The zero-order chi connectivity index (χ0) is 16.6. The number of amidine groups is 1. The minimum absolute atomic E-state index is 0.00886. The summed E-state index contributed by atoms with van der Waals surface area (Å²) in [7, 11) is 1.61. The summed E-state index contributed by atoms with van der Waals surface area (Å²) in [5, 5.41) is 0.685. The van der Waals surface area contributed by atoms with Crippen LogP contribution in [-0.2, 0) is 9.59 Å². The summed E-state index contributed by atoms with van der Waals surface area (Å²) in [4.78, 5) is 30.8. The molecule has 0 aromatic heterocycles. The number of aliphatic imine (C=N–C) groups is 1. The van der Waals surface area contributed by atoms with Gasteiger partial charge in [0.1, 0.15) is 5.75 Å². The number of carbonyl (C=O) groups is 2. The van der Waals surface area contributed by atoms with E-state index in [1.165, 1.54) is 6.92 Å². The van der Waals surface area contributed by atoms with Crippen LogP contribution in [0.15, 0.2) is 40.5 Å². The number of Topliss-reactive ketones (excluding diaryl/α,β-unsaturated/α-hetero) is 1. The Labute approximate surface area is 139 Å². The highest BCUT2D eigenvalue weighted by Crippen LogP contribution is 2.40. The number of allylic oxidation sites excluding steroid dienone is 1. The van der Waals surface area contributed by atoms with Crippen molar-refractivity contribution >= 4 is 28.6 Å². The van der Waals surface area contributed by atoms with Crippen molar-refractivity contribution in [3.63, 3.8) is 0 Å². The zero-order valence-electron chi connectivity index (χ0n) is 13.3. The van der Waals surface area contributed by atoms with E-state index < -0.39 is 6.04 Å². The molecule has 0 N–H and O–H groups in total. The third kappa shape index (κ3) is 2.79. The second kappa shape index (κ2) is 6.20. The van der Waals surface area contributed by atoms with Gasteiger partial charge in [-0.3, -0.25) is 14.5 Å². The lowest BCUT2D eigenvalue weighted by Gasteiger charge is -2.39. The van der Waals surface area contributed by atoms with Crippen LogP contribution >= 0.6 is 11.8 Å². The van der Waals surface area contributed by atoms with Crippen LogP contribution in [0.5, 0.6) is 5.75 Å². The molecule has 23 heavy (non-hydrogen) atoms. The zero-order valence-corrected chi connectivity index (χ0v) is 14.1. The monoisotopic (exact) mass is 330 g/mol. The number of ether oxygens (including phenoxy) is 1. The predicted octanol–water partition coefficient (Wildman–Crippen LogP) is 2.93. The first-order chi connectivity index (χ1) is 11.0. The highest BCUT2D eigenvalue weighted by molar-refractivity contribution is 8.14. The van der Waals surface area contributed by atoms with Gasteiger partial charge in [-0.1, -0.05) is 23.9 Å².